The first-order valence-corrected chi connectivity index (χ1v) is 12.1. The standard InChI is InChI=1S/C23H20F3N7O2S/c1-32-5-4-13-10-33(17(13)11-32)22-29-20-19(36-22)7-16(30-31-20)15-3-2-12(14-8-27-28-9-14)6-18(15)35-21(34)23(24,25)26/h2-3,6-9,13,17H,4-5,10-11H2,1H3,(H,27,28)/t13-,17-/m0/s1. The second-order valence-corrected chi connectivity index (χ2v) is 10.0. The number of ether oxygens (including phenoxy) is 1. The first-order valence-electron chi connectivity index (χ1n) is 11.3. The largest absolute Gasteiger partial charge is 0.491 e. The molecule has 2 fully saturated rings. The fraction of sp³-hybridized carbons (Fsp3) is 0.348. The van der Waals surface area contributed by atoms with Crippen LogP contribution >= 0.6 is 11.3 Å². The van der Waals surface area contributed by atoms with E-state index in [2.05, 4.69) is 42.2 Å². The lowest BCUT2D eigenvalue weighted by Gasteiger charge is -2.52. The molecule has 9 nitrogen and oxygen atoms in total. The molecule has 2 saturated heterocycles. The number of rotatable bonds is 4. The summed E-state index contributed by atoms with van der Waals surface area (Å²) in [5.41, 5.74) is 2.11. The van der Waals surface area contributed by atoms with Gasteiger partial charge in [0.2, 0.25) is 0 Å². The van der Waals surface area contributed by atoms with Crippen LogP contribution in [0.1, 0.15) is 6.42 Å². The lowest BCUT2D eigenvalue weighted by Crippen LogP contribution is -2.63. The van der Waals surface area contributed by atoms with Crippen LogP contribution < -0.4 is 9.64 Å². The summed E-state index contributed by atoms with van der Waals surface area (Å²) in [6.07, 6.45) is -0.882. The smallest absolute Gasteiger partial charge is 0.419 e. The van der Waals surface area contributed by atoms with Gasteiger partial charge in [-0.3, -0.25) is 5.10 Å². The molecular formula is C23H20F3N7O2S. The zero-order valence-corrected chi connectivity index (χ0v) is 19.8. The number of aromatic nitrogens is 5. The average molecular weight is 516 g/mol. The number of alkyl halides is 3. The first-order chi connectivity index (χ1) is 17.3. The third-order valence-corrected chi connectivity index (χ3v) is 7.70. The lowest BCUT2D eigenvalue weighted by molar-refractivity contribution is -0.189. The predicted molar refractivity (Wildman–Crippen MR) is 127 cm³/mol. The summed E-state index contributed by atoms with van der Waals surface area (Å²) in [7, 11) is 2.11. The summed E-state index contributed by atoms with van der Waals surface area (Å²) >= 11 is 1.47. The minimum absolute atomic E-state index is 0.210. The molecule has 3 aromatic heterocycles. The average Bonchev–Trinajstić information content (AvgIpc) is 3.50. The van der Waals surface area contributed by atoms with Crippen molar-refractivity contribution >= 4 is 32.8 Å². The number of halogens is 3. The minimum Gasteiger partial charge on any atom is -0.419 e. The van der Waals surface area contributed by atoms with E-state index in [1.165, 1.54) is 30.0 Å². The molecule has 2 aliphatic heterocycles. The number of carbonyl (C=O) groups excluding carboxylic acids is 1. The van der Waals surface area contributed by atoms with Crippen molar-refractivity contribution < 1.29 is 22.7 Å². The number of likely N-dealkylation sites (tertiary alicyclic amines) is 1. The summed E-state index contributed by atoms with van der Waals surface area (Å²) in [6, 6.07) is 6.73. The van der Waals surface area contributed by atoms with Crippen LogP contribution in [0.5, 0.6) is 5.75 Å². The molecule has 0 saturated carbocycles. The summed E-state index contributed by atoms with van der Waals surface area (Å²) in [5, 5.41) is 15.8. The number of fused-ring (bicyclic) bond motifs is 2. The van der Waals surface area contributed by atoms with E-state index in [0.717, 1.165) is 29.5 Å². The number of esters is 1. The van der Waals surface area contributed by atoms with Crippen LogP contribution in [0.3, 0.4) is 0 Å². The van der Waals surface area contributed by atoms with E-state index >= 15 is 0 Å². The zero-order chi connectivity index (χ0) is 25.0. The summed E-state index contributed by atoms with van der Waals surface area (Å²) < 4.78 is 44.4. The van der Waals surface area contributed by atoms with Gasteiger partial charge in [0.15, 0.2) is 10.8 Å². The zero-order valence-electron chi connectivity index (χ0n) is 19.0. The third-order valence-electron chi connectivity index (χ3n) is 6.67. The summed E-state index contributed by atoms with van der Waals surface area (Å²) in [5.74, 6) is -1.92. The van der Waals surface area contributed by atoms with Gasteiger partial charge < -0.3 is 14.5 Å². The van der Waals surface area contributed by atoms with Crippen molar-refractivity contribution in [3.8, 4) is 28.1 Å². The molecule has 1 N–H and O–H groups in total. The highest BCUT2D eigenvalue weighted by atomic mass is 32.1. The fourth-order valence-electron chi connectivity index (χ4n) is 4.73. The van der Waals surface area contributed by atoms with E-state index in [1.807, 2.05) is 0 Å². The molecule has 13 heteroatoms. The van der Waals surface area contributed by atoms with Gasteiger partial charge in [0.1, 0.15) is 5.75 Å². The Morgan fingerprint density at radius 1 is 1.19 bits per heavy atom. The second-order valence-electron chi connectivity index (χ2n) is 9.03. The van der Waals surface area contributed by atoms with Crippen molar-refractivity contribution in [2.45, 2.75) is 18.6 Å². The number of anilines is 1. The van der Waals surface area contributed by atoms with E-state index in [1.54, 1.807) is 24.4 Å². The molecule has 0 radical (unpaired) electrons. The topological polar surface area (TPSA) is 100 Å². The molecule has 0 spiro atoms. The number of hydrogen-bond donors (Lipinski definition) is 1. The number of nitrogens with one attached hydrogen (secondary N) is 1. The normalized spacial score (nSPS) is 20.3. The van der Waals surface area contributed by atoms with Gasteiger partial charge in [-0.15, -0.1) is 10.2 Å². The van der Waals surface area contributed by atoms with Crippen molar-refractivity contribution in [1.29, 1.82) is 0 Å². The molecule has 1 aromatic carbocycles. The molecule has 0 amide bonds. The third kappa shape index (κ3) is 4.07. The van der Waals surface area contributed by atoms with Crippen molar-refractivity contribution in [1.82, 2.24) is 30.3 Å². The van der Waals surface area contributed by atoms with Crippen molar-refractivity contribution in [2.75, 3.05) is 31.6 Å². The second kappa shape index (κ2) is 8.52. The number of hydrogen-bond acceptors (Lipinski definition) is 9. The van der Waals surface area contributed by atoms with Crippen LogP contribution in [0.15, 0.2) is 36.7 Å². The lowest BCUT2D eigenvalue weighted by atomic mass is 9.83. The Kier molecular flexibility index (Phi) is 5.41. The SMILES string of the molecule is CN1CC[C@H]2CN(c3nc4nnc(-c5ccc(-c6cn[nH]c6)cc5OC(=O)C(F)(F)F)cc4s3)[C@H]2C1. The van der Waals surface area contributed by atoms with Gasteiger partial charge in [0.05, 0.1) is 16.6 Å². The maximum atomic E-state index is 13.0. The molecule has 6 rings (SSSR count). The maximum absolute atomic E-state index is 13.0. The minimum atomic E-state index is -5.15. The highest BCUT2D eigenvalue weighted by Crippen LogP contribution is 2.41. The van der Waals surface area contributed by atoms with Gasteiger partial charge in [0, 0.05) is 36.5 Å². The van der Waals surface area contributed by atoms with E-state index in [9.17, 15) is 18.0 Å². The molecule has 186 valence electrons. The van der Waals surface area contributed by atoms with Crippen LogP contribution in [-0.2, 0) is 4.79 Å². The van der Waals surface area contributed by atoms with E-state index in [4.69, 9.17) is 4.74 Å². The number of thiazole rings is 1. The Morgan fingerprint density at radius 2 is 2.06 bits per heavy atom. The number of piperidine rings is 1. The van der Waals surface area contributed by atoms with Crippen LogP contribution in [0, 0.1) is 5.92 Å². The van der Waals surface area contributed by atoms with Crippen LogP contribution in [0.25, 0.3) is 32.7 Å². The molecular weight excluding hydrogens is 495 g/mol. The van der Waals surface area contributed by atoms with Crippen molar-refractivity contribution in [2.24, 2.45) is 5.92 Å². The van der Waals surface area contributed by atoms with Crippen LogP contribution in [0.2, 0.25) is 0 Å². The molecule has 0 aliphatic carbocycles. The van der Waals surface area contributed by atoms with Gasteiger partial charge >= 0.3 is 12.1 Å². The van der Waals surface area contributed by atoms with E-state index in [0.29, 0.717) is 28.7 Å². The molecule has 0 bridgehead atoms. The Morgan fingerprint density at radius 3 is 2.83 bits per heavy atom. The van der Waals surface area contributed by atoms with Crippen LogP contribution in [0.4, 0.5) is 18.3 Å². The van der Waals surface area contributed by atoms with Gasteiger partial charge in [-0.25, -0.2) is 4.79 Å². The number of likely N-dealkylation sites (N-methyl/N-ethyl adjacent to an activating group) is 1. The van der Waals surface area contributed by atoms with E-state index in [-0.39, 0.29) is 17.0 Å². The molecule has 0 unspecified atom stereocenters. The fourth-order valence-corrected chi connectivity index (χ4v) is 5.73. The van der Waals surface area contributed by atoms with Crippen molar-refractivity contribution in [3.63, 3.8) is 0 Å². The highest BCUT2D eigenvalue weighted by Gasteiger charge is 2.43. The monoisotopic (exact) mass is 515 g/mol. The Hall–Kier alpha value is -3.58. The maximum Gasteiger partial charge on any atom is 0.491 e. The molecule has 2 aliphatic rings. The summed E-state index contributed by atoms with van der Waals surface area (Å²) in [4.78, 5) is 20.9. The van der Waals surface area contributed by atoms with E-state index < -0.39 is 12.1 Å². The first kappa shape index (κ1) is 22.9. The van der Waals surface area contributed by atoms with Gasteiger partial charge in [-0.1, -0.05) is 17.4 Å². The quantitative estimate of drug-likeness (QED) is 0.324. The van der Waals surface area contributed by atoms with Crippen LogP contribution in [-0.4, -0.2) is 75.1 Å². The molecule has 36 heavy (non-hydrogen) atoms. The Bertz CT molecular complexity index is 1440. The molecule has 5 heterocycles. The predicted octanol–water partition coefficient (Wildman–Crippen LogP) is 3.75. The Labute approximate surface area is 206 Å². The number of H-pyrrole nitrogens is 1. The Balaban J connectivity index is 1.35. The van der Waals surface area contributed by atoms with Gasteiger partial charge in [-0.2, -0.15) is 23.3 Å². The number of benzene rings is 1. The number of carbonyl (C=O) groups is 1. The molecule has 2 atom stereocenters. The molecule has 4 aromatic rings. The highest BCUT2D eigenvalue weighted by molar-refractivity contribution is 7.22. The van der Waals surface area contributed by atoms with Gasteiger partial charge in [-0.05, 0) is 49.7 Å². The number of aromatic amines is 1. The summed E-state index contributed by atoms with van der Waals surface area (Å²) in [6.45, 7) is 3.03. The van der Waals surface area contributed by atoms with Gasteiger partial charge in [0.25, 0.3) is 0 Å². The number of nitrogens with zero attached hydrogens (tertiary/aromatic N) is 6. The van der Waals surface area contributed by atoms with Crippen molar-refractivity contribution in [3.05, 3.63) is 36.7 Å².